The molecule has 0 atom stereocenters. The molecule has 37 heavy (non-hydrogen) atoms. The van der Waals surface area contributed by atoms with E-state index >= 15 is 0 Å². The van der Waals surface area contributed by atoms with E-state index in [4.69, 9.17) is 0 Å². The number of carbonyl (C=O) groups excluding carboxylic acids is 1. The van der Waals surface area contributed by atoms with Crippen LogP contribution in [0.25, 0.3) is 5.69 Å². The van der Waals surface area contributed by atoms with Gasteiger partial charge in [-0.25, -0.2) is 0 Å². The molecule has 5 rings (SSSR count). The SMILES string of the molecule is O=C(c1ccc(CSc2nnc(Cc3ccccc3)n2-c2cccc(C(F)(F)F)c2)cc1)N1CCCC1. The van der Waals surface area contributed by atoms with Crippen LogP contribution in [0.5, 0.6) is 0 Å². The number of thioether (sulfide) groups is 1. The molecule has 1 aliphatic heterocycles. The van der Waals surface area contributed by atoms with Crippen molar-refractivity contribution in [3.8, 4) is 5.69 Å². The Balaban J connectivity index is 1.39. The first-order valence-corrected chi connectivity index (χ1v) is 13.0. The smallest absolute Gasteiger partial charge is 0.339 e. The fourth-order valence-electron chi connectivity index (χ4n) is 4.36. The largest absolute Gasteiger partial charge is 0.416 e. The molecule has 1 aliphatic rings. The van der Waals surface area contributed by atoms with Gasteiger partial charge in [0.05, 0.1) is 11.3 Å². The third-order valence-electron chi connectivity index (χ3n) is 6.30. The summed E-state index contributed by atoms with van der Waals surface area (Å²) in [6.45, 7) is 1.60. The maximum absolute atomic E-state index is 13.4. The van der Waals surface area contributed by atoms with Gasteiger partial charge in [-0.2, -0.15) is 13.2 Å². The van der Waals surface area contributed by atoms with Crippen LogP contribution in [-0.2, 0) is 18.3 Å². The number of nitrogens with zero attached hydrogens (tertiary/aromatic N) is 4. The average Bonchev–Trinajstić information content (AvgIpc) is 3.58. The summed E-state index contributed by atoms with van der Waals surface area (Å²) in [4.78, 5) is 14.5. The standard InChI is InChI=1S/C28H25F3N4OS/c29-28(30,31)23-9-6-10-24(18-23)35-25(17-20-7-2-1-3-8-20)32-33-27(35)37-19-21-11-13-22(14-12-21)26(36)34-15-4-5-16-34/h1-3,6-14,18H,4-5,15-17,19H2. The van der Waals surface area contributed by atoms with Crippen molar-refractivity contribution >= 4 is 17.7 Å². The van der Waals surface area contributed by atoms with Crippen molar-refractivity contribution in [1.29, 1.82) is 0 Å². The van der Waals surface area contributed by atoms with Crippen LogP contribution in [0.2, 0.25) is 0 Å². The zero-order chi connectivity index (χ0) is 25.8. The monoisotopic (exact) mass is 522 g/mol. The Morgan fingerprint density at radius 1 is 0.865 bits per heavy atom. The summed E-state index contributed by atoms with van der Waals surface area (Å²) >= 11 is 1.39. The second-order valence-electron chi connectivity index (χ2n) is 8.93. The van der Waals surface area contributed by atoms with Gasteiger partial charge in [0.2, 0.25) is 0 Å². The minimum Gasteiger partial charge on any atom is -0.339 e. The molecule has 0 radical (unpaired) electrons. The van der Waals surface area contributed by atoms with Crippen LogP contribution in [0, 0.1) is 0 Å². The van der Waals surface area contributed by atoms with E-state index in [2.05, 4.69) is 10.2 Å². The fraction of sp³-hybridized carbons (Fsp3) is 0.250. The van der Waals surface area contributed by atoms with E-state index in [9.17, 15) is 18.0 Å². The molecule has 3 aromatic carbocycles. The summed E-state index contributed by atoms with van der Waals surface area (Å²) in [5.41, 5.74) is 2.26. The Bertz CT molecular complexity index is 1360. The van der Waals surface area contributed by atoms with Gasteiger partial charge in [0.25, 0.3) is 5.91 Å². The quantitative estimate of drug-likeness (QED) is 0.264. The number of rotatable bonds is 7. The summed E-state index contributed by atoms with van der Waals surface area (Å²) in [7, 11) is 0. The Labute approximate surface area is 217 Å². The maximum Gasteiger partial charge on any atom is 0.416 e. The summed E-state index contributed by atoms with van der Waals surface area (Å²) in [6.07, 6.45) is -1.94. The molecule has 9 heteroatoms. The molecule has 190 valence electrons. The minimum atomic E-state index is -4.45. The molecule has 0 unspecified atom stereocenters. The van der Waals surface area contributed by atoms with Gasteiger partial charge < -0.3 is 4.90 Å². The first-order chi connectivity index (χ1) is 17.9. The number of hydrogen-bond donors (Lipinski definition) is 0. The molecule has 2 heterocycles. The Kier molecular flexibility index (Phi) is 7.32. The summed E-state index contributed by atoms with van der Waals surface area (Å²) in [5, 5.41) is 9.16. The average molecular weight is 523 g/mol. The van der Waals surface area contributed by atoms with Crippen LogP contribution >= 0.6 is 11.8 Å². The van der Waals surface area contributed by atoms with Crippen LogP contribution in [0.4, 0.5) is 13.2 Å². The number of carbonyl (C=O) groups is 1. The lowest BCUT2D eigenvalue weighted by Gasteiger charge is -2.15. The van der Waals surface area contributed by atoms with E-state index in [0.29, 0.717) is 34.4 Å². The number of likely N-dealkylation sites (tertiary alicyclic amines) is 1. The number of aromatic nitrogens is 3. The van der Waals surface area contributed by atoms with Gasteiger partial charge in [-0.05, 0) is 54.3 Å². The Morgan fingerprint density at radius 2 is 1.59 bits per heavy atom. The van der Waals surface area contributed by atoms with Crippen molar-refractivity contribution in [2.24, 2.45) is 0 Å². The van der Waals surface area contributed by atoms with E-state index in [1.54, 1.807) is 10.6 Å². The van der Waals surface area contributed by atoms with Crippen molar-refractivity contribution in [3.63, 3.8) is 0 Å². The molecule has 1 amide bonds. The number of amides is 1. The lowest BCUT2D eigenvalue weighted by atomic mass is 10.1. The molecule has 0 bridgehead atoms. The van der Waals surface area contributed by atoms with Crippen molar-refractivity contribution in [3.05, 3.63) is 107 Å². The molecule has 0 spiro atoms. The molecule has 4 aromatic rings. The highest BCUT2D eigenvalue weighted by molar-refractivity contribution is 7.98. The molecule has 1 aromatic heterocycles. The number of halogens is 3. The highest BCUT2D eigenvalue weighted by Crippen LogP contribution is 2.32. The first kappa shape index (κ1) is 25.1. The van der Waals surface area contributed by atoms with Crippen LogP contribution in [-0.4, -0.2) is 38.7 Å². The fourth-order valence-corrected chi connectivity index (χ4v) is 5.29. The molecular formula is C28H25F3N4OS. The molecular weight excluding hydrogens is 497 g/mol. The predicted octanol–water partition coefficient (Wildman–Crippen LogP) is 6.41. The van der Waals surface area contributed by atoms with Crippen molar-refractivity contribution in [1.82, 2.24) is 19.7 Å². The first-order valence-electron chi connectivity index (χ1n) is 12.1. The van der Waals surface area contributed by atoms with E-state index in [-0.39, 0.29) is 5.91 Å². The van der Waals surface area contributed by atoms with Crippen LogP contribution in [0.1, 0.15) is 45.7 Å². The zero-order valence-corrected chi connectivity index (χ0v) is 20.8. The lowest BCUT2D eigenvalue weighted by Crippen LogP contribution is -2.27. The highest BCUT2D eigenvalue weighted by atomic mass is 32.2. The highest BCUT2D eigenvalue weighted by Gasteiger charge is 2.31. The molecule has 0 saturated carbocycles. The Hall–Kier alpha value is -3.59. The van der Waals surface area contributed by atoms with Gasteiger partial charge in [0.15, 0.2) is 5.16 Å². The number of benzene rings is 3. The lowest BCUT2D eigenvalue weighted by molar-refractivity contribution is -0.137. The van der Waals surface area contributed by atoms with Crippen LogP contribution < -0.4 is 0 Å². The topological polar surface area (TPSA) is 51.0 Å². The van der Waals surface area contributed by atoms with E-state index in [0.717, 1.165) is 49.2 Å². The maximum atomic E-state index is 13.4. The second kappa shape index (κ2) is 10.8. The van der Waals surface area contributed by atoms with Gasteiger partial charge in [-0.1, -0.05) is 60.3 Å². The summed E-state index contributed by atoms with van der Waals surface area (Å²) < 4.78 is 42.0. The van der Waals surface area contributed by atoms with E-state index in [1.165, 1.54) is 17.8 Å². The molecule has 0 N–H and O–H groups in total. The van der Waals surface area contributed by atoms with E-state index < -0.39 is 11.7 Å². The number of hydrogen-bond acceptors (Lipinski definition) is 4. The third kappa shape index (κ3) is 5.88. The van der Waals surface area contributed by atoms with Gasteiger partial charge in [-0.3, -0.25) is 9.36 Å². The van der Waals surface area contributed by atoms with Crippen LogP contribution in [0.3, 0.4) is 0 Å². The molecule has 0 aliphatic carbocycles. The van der Waals surface area contributed by atoms with Gasteiger partial charge in [0.1, 0.15) is 5.82 Å². The summed E-state index contributed by atoms with van der Waals surface area (Å²) in [6, 6.07) is 22.3. The minimum absolute atomic E-state index is 0.0477. The van der Waals surface area contributed by atoms with Crippen molar-refractivity contribution in [2.75, 3.05) is 13.1 Å². The van der Waals surface area contributed by atoms with Gasteiger partial charge in [-0.15, -0.1) is 10.2 Å². The Morgan fingerprint density at radius 3 is 2.30 bits per heavy atom. The zero-order valence-electron chi connectivity index (χ0n) is 20.0. The predicted molar refractivity (Wildman–Crippen MR) is 137 cm³/mol. The van der Waals surface area contributed by atoms with Gasteiger partial charge in [0, 0.05) is 30.8 Å². The van der Waals surface area contributed by atoms with E-state index in [1.807, 2.05) is 59.5 Å². The molecule has 1 fully saturated rings. The van der Waals surface area contributed by atoms with Crippen molar-refractivity contribution < 1.29 is 18.0 Å². The molecule has 1 saturated heterocycles. The van der Waals surface area contributed by atoms with Crippen molar-refractivity contribution in [2.45, 2.75) is 36.3 Å². The third-order valence-corrected chi connectivity index (χ3v) is 7.30. The van der Waals surface area contributed by atoms with Crippen LogP contribution in [0.15, 0.2) is 84.0 Å². The second-order valence-corrected chi connectivity index (χ2v) is 9.87. The van der Waals surface area contributed by atoms with Gasteiger partial charge >= 0.3 is 6.18 Å². The summed E-state index contributed by atoms with van der Waals surface area (Å²) in [5.74, 6) is 1.13. The molecule has 5 nitrogen and oxygen atoms in total. The normalized spacial score (nSPS) is 13.8. The number of alkyl halides is 3.